The summed E-state index contributed by atoms with van der Waals surface area (Å²) in [6, 6.07) is 5.45. The first-order valence-corrected chi connectivity index (χ1v) is 10.9. The molecule has 0 saturated carbocycles. The average Bonchev–Trinajstić information content (AvgIpc) is 3.07. The number of carbonyl (C=O) groups excluding carboxylic acids is 1. The molecule has 0 unspecified atom stereocenters. The molecule has 1 aromatic carbocycles. The summed E-state index contributed by atoms with van der Waals surface area (Å²) in [4.78, 5) is 12.8. The number of sulfonamides is 1. The molecule has 1 N–H and O–H groups in total. The Labute approximate surface area is 164 Å². The van der Waals surface area contributed by atoms with Crippen LogP contribution in [0.15, 0.2) is 35.5 Å². The number of nitrogens with one attached hydrogen (secondary N) is 1. The number of amides is 1. The van der Waals surface area contributed by atoms with Crippen molar-refractivity contribution in [3.8, 4) is 0 Å². The Bertz CT molecular complexity index is 950. The Morgan fingerprint density at radius 3 is 2.68 bits per heavy atom. The van der Waals surface area contributed by atoms with Crippen LogP contribution in [-0.4, -0.2) is 41.5 Å². The van der Waals surface area contributed by atoms with Crippen LogP contribution >= 0.6 is 0 Å². The second-order valence-corrected chi connectivity index (χ2v) is 9.02. The zero-order valence-electron chi connectivity index (χ0n) is 16.1. The highest BCUT2D eigenvalue weighted by Gasteiger charge is 2.34. The van der Waals surface area contributed by atoms with E-state index in [1.807, 2.05) is 6.92 Å². The van der Waals surface area contributed by atoms with Crippen LogP contribution in [0.2, 0.25) is 0 Å². The largest absolute Gasteiger partial charge is 0.322 e. The average molecular weight is 408 g/mol. The van der Waals surface area contributed by atoms with Crippen LogP contribution in [0.5, 0.6) is 0 Å². The van der Waals surface area contributed by atoms with Gasteiger partial charge in [0.2, 0.25) is 5.03 Å². The van der Waals surface area contributed by atoms with Crippen molar-refractivity contribution < 1.29 is 17.6 Å². The third kappa shape index (κ3) is 4.41. The lowest BCUT2D eigenvalue weighted by Crippen LogP contribution is -2.38. The molecule has 28 heavy (non-hydrogen) atoms. The zero-order chi connectivity index (χ0) is 20.3. The molecule has 0 radical (unpaired) electrons. The van der Waals surface area contributed by atoms with E-state index in [0.717, 1.165) is 19.3 Å². The van der Waals surface area contributed by atoms with Crippen LogP contribution in [0.25, 0.3) is 0 Å². The zero-order valence-corrected chi connectivity index (χ0v) is 16.9. The summed E-state index contributed by atoms with van der Waals surface area (Å²) >= 11 is 0. The van der Waals surface area contributed by atoms with Crippen LogP contribution in [0.3, 0.4) is 0 Å². The molecular weight excluding hydrogens is 383 g/mol. The van der Waals surface area contributed by atoms with E-state index in [-0.39, 0.29) is 16.3 Å². The number of hydrogen-bond acceptors (Lipinski definition) is 4. The summed E-state index contributed by atoms with van der Waals surface area (Å²) in [5, 5.41) is 6.51. The number of nitrogens with zero attached hydrogens (tertiary/aromatic N) is 3. The van der Waals surface area contributed by atoms with E-state index in [2.05, 4.69) is 17.3 Å². The first-order valence-electron chi connectivity index (χ1n) is 9.45. The van der Waals surface area contributed by atoms with Crippen LogP contribution < -0.4 is 5.32 Å². The number of anilines is 1. The summed E-state index contributed by atoms with van der Waals surface area (Å²) in [6.45, 7) is 5.35. The van der Waals surface area contributed by atoms with Gasteiger partial charge < -0.3 is 5.32 Å². The van der Waals surface area contributed by atoms with Gasteiger partial charge in [-0.2, -0.15) is 9.40 Å². The predicted octanol–water partition coefficient (Wildman–Crippen LogP) is 3.11. The van der Waals surface area contributed by atoms with Crippen molar-refractivity contribution >= 4 is 21.6 Å². The maximum Gasteiger partial charge on any atom is 0.263 e. The van der Waals surface area contributed by atoms with Gasteiger partial charge >= 0.3 is 0 Å². The number of benzene rings is 1. The van der Waals surface area contributed by atoms with E-state index < -0.39 is 21.7 Å². The third-order valence-electron chi connectivity index (χ3n) is 4.83. The van der Waals surface area contributed by atoms with E-state index in [1.165, 1.54) is 39.4 Å². The van der Waals surface area contributed by atoms with Gasteiger partial charge in [-0.3, -0.25) is 9.48 Å². The summed E-state index contributed by atoms with van der Waals surface area (Å²) in [6.07, 6.45) is 3.74. The molecule has 152 valence electrons. The Hall–Kier alpha value is -2.26. The van der Waals surface area contributed by atoms with Gasteiger partial charge in [0.1, 0.15) is 5.82 Å². The summed E-state index contributed by atoms with van der Waals surface area (Å²) in [7, 11) is -3.89. The van der Waals surface area contributed by atoms with Crippen molar-refractivity contribution in [2.45, 2.75) is 44.7 Å². The minimum atomic E-state index is -3.89. The van der Waals surface area contributed by atoms with Crippen LogP contribution in [0.4, 0.5) is 10.1 Å². The van der Waals surface area contributed by atoms with Crippen molar-refractivity contribution in [1.82, 2.24) is 14.1 Å². The van der Waals surface area contributed by atoms with Crippen molar-refractivity contribution in [3.63, 3.8) is 0 Å². The second kappa shape index (κ2) is 8.40. The van der Waals surface area contributed by atoms with Gasteiger partial charge in [-0.1, -0.05) is 19.9 Å². The molecule has 0 bridgehead atoms. The van der Waals surface area contributed by atoms with E-state index in [1.54, 1.807) is 0 Å². The molecule has 1 aromatic heterocycles. The molecule has 2 aromatic rings. The van der Waals surface area contributed by atoms with Crippen molar-refractivity contribution in [3.05, 3.63) is 41.8 Å². The fourth-order valence-corrected chi connectivity index (χ4v) is 4.77. The lowest BCUT2D eigenvalue weighted by molar-refractivity contribution is 0.102. The molecule has 1 fully saturated rings. The van der Waals surface area contributed by atoms with Gasteiger partial charge in [-0.15, -0.1) is 0 Å². The van der Waals surface area contributed by atoms with Crippen LogP contribution in [0.1, 0.15) is 43.5 Å². The monoisotopic (exact) mass is 408 g/mol. The van der Waals surface area contributed by atoms with E-state index in [4.69, 9.17) is 0 Å². The Morgan fingerprint density at radius 1 is 1.32 bits per heavy atom. The lowest BCUT2D eigenvalue weighted by Gasteiger charge is -2.28. The highest BCUT2D eigenvalue weighted by molar-refractivity contribution is 7.89. The quantitative estimate of drug-likeness (QED) is 0.796. The van der Waals surface area contributed by atoms with E-state index in [9.17, 15) is 17.6 Å². The summed E-state index contributed by atoms with van der Waals surface area (Å²) < 4.78 is 42.6. The van der Waals surface area contributed by atoms with Crippen LogP contribution in [0, 0.1) is 11.7 Å². The van der Waals surface area contributed by atoms with Gasteiger partial charge in [-0.05, 0) is 43.4 Å². The number of piperidine rings is 1. The maximum absolute atomic E-state index is 13.4. The molecule has 0 spiro atoms. The minimum Gasteiger partial charge on any atom is -0.322 e. The minimum absolute atomic E-state index is 0.0312. The first kappa shape index (κ1) is 20.5. The summed E-state index contributed by atoms with van der Waals surface area (Å²) in [5.74, 6) is -0.647. The van der Waals surface area contributed by atoms with Gasteiger partial charge in [0, 0.05) is 31.5 Å². The van der Waals surface area contributed by atoms with Crippen LogP contribution in [-0.2, 0) is 16.6 Å². The normalized spacial score (nSPS) is 16.2. The molecule has 0 atom stereocenters. The van der Waals surface area contributed by atoms with E-state index >= 15 is 0 Å². The second-order valence-electron chi connectivity index (χ2n) is 7.16. The fraction of sp³-hybridized carbons (Fsp3) is 0.474. The number of hydrogen-bond donors (Lipinski definition) is 1. The van der Waals surface area contributed by atoms with Gasteiger partial charge in [-0.25, -0.2) is 12.8 Å². The lowest BCUT2D eigenvalue weighted by atomic mass is 10.0. The molecule has 1 aliphatic heterocycles. The molecule has 7 nitrogen and oxygen atoms in total. The topological polar surface area (TPSA) is 84.3 Å². The molecule has 0 aliphatic carbocycles. The van der Waals surface area contributed by atoms with Crippen molar-refractivity contribution in [2.24, 2.45) is 5.92 Å². The number of halogens is 1. The predicted molar refractivity (Wildman–Crippen MR) is 104 cm³/mol. The smallest absolute Gasteiger partial charge is 0.263 e. The maximum atomic E-state index is 13.4. The molecule has 9 heteroatoms. The highest BCUT2D eigenvalue weighted by Crippen LogP contribution is 2.25. The molecule has 1 aliphatic rings. The fourth-order valence-electron chi connectivity index (χ4n) is 3.21. The van der Waals surface area contributed by atoms with Crippen molar-refractivity contribution in [1.29, 1.82) is 0 Å². The molecule has 1 amide bonds. The Balaban J connectivity index is 1.93. The molecule has 2 heterocycles. The Morgan fingerprint density at radius 2 is 2.04 bits per heavy atom. The summed E-state index contributed by atoms with van der Waals surface area (Å²) in [5.41, 5.74) is 0.222. The third-order valence-corrected chi connectivity index (χ3v) is 6.67. The SMILES string of the molecule is CCCn1cc(C(=O)Nc2cccc(F)c2)c(S(=O)(=O)N2CCC(C)CC2)n1. The number of rotatable bonds is 6. The number of aromatic nitrogens is 2. The van der Waals surface area contributed by atoms with E-state index in [0.29, 0.717) is 25.6 Å². The van der Waals surface area contributed by atoms with Gasteiger partial charge in [0.05, 0.1) is 5.56 Å². The Kier molecular flexibility index (Phi) is 6.14. The van der Waals surface area contributed by atoms with Gasteiger partial charge in [0.25, 0.3) is 15.9 Å². The molecule has 1 saturated heterocycles. The van der Waals surface area contributed by atoms with Gasteiger partial charge in [0.15, 0.2) is 0 Å². The number of aryl methyl sites for hydroxylation is 1. The standard InChI is InChI=1S/C19H25FN4O3S/c1-3-9-23-13-17(18(25)21-16-6-4-5-15(20)12-16)19(22-23)28(26,27)24-10-7-14(2)8-11-24/h4-6,12-14H,3,7-11H2,1-2H3,(H,21,25). The first-order chi connectivity index (χ1) is 13.3. The molecular formula is C19H25FN4O3S. The van der Waals surface area contributed by atoms with Crippen molar-refractivity contribution in [2.75, 3.05) is 18.4 Å². The number of carbonyl (C=O) groups is 1. The molecule has 3 rings (SSSR count). The highest BCUT2D eigenvalue weighted by atomic mass is 32.2.